The van der Waals surface area contributed by atoms with Gasteiger partial charge in [0, 0.05) is 32.1 Å². The number of alkyl halides is 2. The van der Waals surface area contributed by atoms with Crippen molar-refractivity contribution in [2.75, 3.05) is 20.2 Å². The summed E-state index contributed by atoms with van der Waals surface area (Å²) in [5.74, 6) is -2.74. The molecular formula is C12H14F2N2O2. The van der Waals surface area contributed by atoms with Gasteiger partial charge < -0.3 is 9.64 Å². The molecule has 4 nitrogen and oxygen atoms in total. The maximum atomic E-state index is 13.0. The summed E-state index contributed by atoms with van der Waals surface area (Å²) < 4.78 is 31.0. The number of nitrogens with zero attached hydrogens (tertiary/aromatic N) is 2. The number of pyridine rings is 1. The van der Waals surface area contributed by atoms with Crippen LogP contribution >= 0.6 is 0 Å². The van der Waals surface area contributed by atoms with E-state index in [9.17, 15) is 13.6 Å². The minimum absolute atomic E-state index is 0.0594. The second-order valence-electron chi connectivity index (χ2n) is 4.21. The third-order valence-electron chi connectivity index (χ3n) is 2.98. The predicted octanol–water partition coefficient (Wildman–Crippen LogP) is 1.96. The number of ether oxygens (including phenoxy) is 1. The van der Waals surface area contributed by atoms with Crippen molar-refractivity contribution < 1.29 is 18.3 Å². The highest BCUT2D eigenvalue weighted by molar-refractivity contribution is 5.96. The van der Waals surface area contributed by atoms with Gasteiger partial charge in [0.1, 0.15) is 5.56 Å². The zero-order valence-corrected chi connectivity index (χ0v) is 10.0. The Morgan fingerprint density at radius 3 is 2.72 bits per heavy atom. The molecule has 0 aliphatic carbocycles. The van der Waals surface area contributed by atoms with Gasteiger partial charge in [0.2, 0.25) is 5.88 Å². The molecule has 0 atom stereocenters. The third kappa shape index (κ3) is 2.57. The van der Waals surface area contributed by atoms with Crippen molar-refractivity contribution in [3.63, 3.8) is 0 Å². The highest BCUT2D eigenvalue weighted by atomic mass is 19.3. The number of halogens is 2. The van der Waals surface area contributed by atoms with Crippen LogP contribution in [0.5, 0.6) is 5.88 Å². The van der Waals surface area contributed by atoms with Gasteiger partial charge in [-0.2, -0.15) is 0 Å². The lowest BCUT2D eigenvalue weighted by molar-refractivity contribution is -0.0494. The molecule has 98 valence electrons. The molecule has 0 saturated carbocycles. The predicted molar refractivity (Wildman–Crippen MR) is 60.9 cm³/mol. The van der Waals surface area contributed by atoms with E-state index in [4.69, 9.17) is 4.74 Å². The second-order valence-corrected chi connectivity index (χ2v) is 4.21. The van der Waals surface area contributed by atoms with Crippen LogP contribution in [0.25, 0.3) is 0 Å². The first-order valence-electron chi connectivity index (χ1n) is 5.69. The number of hydrogen-bond donors (Lipinski definition) is 0. The van der Waals surface area contributed by atoms with E-state index in [0.29, 0.717) is 5.56 Å². The summed E-state index contributed by atoms with van der Waals surface area (Å²) in [7, 11) is 1.42. The number of rotatable bonds is 2. The van der Waals surface area contributed by atoms with Crippen molar-refractivity contribution in [2.24, 2.45) is 0 Å². The summed E-state index contributed by atoms with van der Waals surface area (Å²) in [6.45, 7) is 0.119. The van der Waals surface area contributed by atoms with Gasteiger partial charge in [-0.1, -0.05) is 0 Å². The van der Waals surface area contributed by atoms with Gasteiger partial charge in [0.25, 0.3) is 11.8 Å². The SMILES string of the molecule is COc1ncccc1C(=O)N1CCC(F)(F)CC1. The summed E-state index contributed by atoms with van der Waals surface area (Å²) >= 11 is 0. The minimum Gasteiger partial charge on any atom is -0.480 e. The van der Waals surface area contributed by atoms with E-state index in [1.165, 1.54) is 18.2 Å². The van der Waals surface area contributed by atoms with Crippen LogP contribution in [0, 0.1) is 0 Å². The molecule has 0 radical (unpaired) electrons. The van der Waals surface area contributed by atoms with Crippen molar-refractivity contribution in [1.29, 1.82) is 0 Å². The van der Waals surface area contributed by atoms with E-state index in [0.717, 1.165) is 0 Å². The average molecular weight is 256 g/mol. The number of amides is 1. The molecule has 0 unspecified atom stereocenters. The van der Waals surface area contributed by atoms with Crippen LogP contribution < -0.4 is 4.74 Å². The molecule has 1 aliphatic rings. The Bertz CT molecular complexity index is 441. The van der Waals surface area contributed by atoms with Gasteiger partial charge in [-0.25, -0.2) is 13.8 Å². The molecule has 0 aromatic carbocycles. The highest BCUT2D eigenvalue weighted by Gasteiger charge is 2.36. The van der Waals surface area contributed by atoms with Gasteiger partial charge in [0.05, 0.1) is 7.11 Å². The number of carbonyl (C=O) groups is 1. The van der Waals surface area contributed by atoms with Gasteiger partial charge >= 0.3 is 0 Å². The molecule has 2 rings (SSSR count). The molecule has 1 amide bonds. The molecule has 0 bridgehead atoms. The fourth-order valence-corrected chi connectivity index (χ4v) is 1.92. The molecule has 2 heterocycles. The van der Waals surface area contributed by atoms with Crippen molar-refractivity contribution in [1.82, 2.24) is 9.88 Å². The van der Waals surface area contributed by atoms with Crippen LogP contribution in [0.3, 0.4) is 0 Å². The first kappa shape index (κ1) is 12.7. The Kier molecular flexibility index (Phi) is 3.45. The minimum atomic E-state index is -2.66. The molecule has 0 N–H and O–H groups in total. The number of methoxy groups -OCH3 is 1. The number of piperidine rings is 1. The van der Waals surface area contributed by atoms with Gasteiger partial charge in [-0.3, -0.25) is 4.79 Å². The van der Waals surface area contributed by atoms with Crippen molar-refractivity contribution in [3.05, 3.63) is 23.9 Å². The van der Waals surface area contributed by atoms with Crippen LogP contribution in [-0.2, 0) is 0 Å². The Balaban J connectivity index is 2.13. The van der Waals surface area contributed by atoms with Crippen LogP contribution in [0.15, 0.2) is 18.3 Å². The lowest BCUT2D eigenvalue weighted by Gasteiger charge is -2.31. The fraction of sp³-hybridized carbons (Fsp3) is 0.500. The molecule has 1 aromatic rings. The summed E-state index contributed by atoms with van der Waals surface area (Å²) in [5, 5.41) is 0. The number of likely N-dealkylation sites (tertiary alicyclic amines) is 1. The third-order valence-corrected chi connectivity index (χ3v) is 2.98. The van der Waals surface area contributed by atoms with Crippen LogP contribution in [0.2, 0.25) is 0 Å². The molecule has 1 fully saturated rings. The van der Waals surface area contributed by atoms with E-state index < -0.39 is 5.92 Å². The zero-order chi connectivity index (χ0) is 13.2. The number of carbonyl (C=O) groups excluding carboxylic acids is 1. The van der Waals surface area contributed by atoms with Crippen molar-refractivity contribution in [2.45, 2.75) is 18.8 Å². The van der Waals surface area contributed by atoms with Crippen molar-refractivity contribution >= 4 is 5.91 Å². The smallest absolute Gasteiger partial charge is 0.259 e. The number of hydrogen-bond acceptors (Lipinski definition) is 3. The fourth-order valence-electron chi connectivity index (χ4n) is 1.92. The van der Waals surface area contributed by atoms with Crippen LogP contribution in [0.1, 0.15) is 23.2 Å². The van der Waals surface area contributed by atoms with E-state index in [1.54, 1.807) is 12.1 Å². The maximum Gasteiger partial charge on any atom is 0.259 e. The lowest BCUT2D eigenvalue weighted by atomic mass is 10.1. The molecular weight excluding hydrogens is 242 g/mol. The monoisotopic (exact) mass is 256 g/mol. The standard InChI is InChI=1S/C12H14F2N2O2/c1-18-10-9(3-2-6-15-10)11(17)16-7-4-12(13,14)5-8-16/h2-3,6H,4-5,7-8H2,1H3. The Morgan fingerprint density at radius 2 is 2.11 bits per heavy atom. The summed E-state index contributed by atoms with van der Waals surface area (Å²) in [6.07, 6.45) is 0.933. The zero-order valence-electron chi connectivity index (χ0n) is 10.0. The molecule has 1 saturated heterocycles. The molecule has 1 aliphatic heterocycles. The molecule has 1 aromatic heterocycles. The first-order chi connectivity index (χ1) is 8.53. The summed E-state index contributed by atoms with van der Waals surface area (Å²) in [4.78, 5) is 17.5. The largest absolute Gasteiger partial charge is 0.480 e. The first-order valence-corrected chi connectivity index (χ1v) is 5.69. The second kappa shape index (κ2) is 4.88. The van der Waals surface area contributed by atoms with Crippen LogP contribution in [-0.4, -0.2) is 41.9 Å². The summed E-state index contributed by atoms with van der Waals surface area (Å²) in [6, 6.07) is 3.20. The Labute approximate surface area is 104 Å². The topological polar surface area (TPSA) is 42.4 Å². The molecule has 6 heteroatoms. The normalized spacial score (nSPS) is 18.5. The number of aromatic nitrogens is 1. The van der Waals surface area contributed by atoms with E-state index in [-0.39, 0.29) is 37.7 Å². The van der Waals surface area contributed by atoms with Crippen molar-refractivity contribution in [3.8, 4) is 5.88 Å². The van der Waals surface area contributed by atoms with Gasteiger partial charge in [0.15, 0.2) is 0 Å². The Hall–Kier alpha value is -1.72. The highest BCUT2D eigenvalue weighted by Crippen LogP contribution is 2.29. The van der Waals surface area contributed by atoms with Gasteiger partial charge in [-0.05, 0) is 12.1 Å². The van der Waals surface area contributed by atoms with Crippen LogP contribution in [0.4, 0.5) is 8.78 Å². The van der Waals surface area contributed by atoms with E-state index in [1.807, 2.05) is 0 Å². The summed E-state index contributed by atoms with van der Waals surface area (Å²) in [5.41, 5.74) is 0.310. The quantitative estimate of drug-likeness (QED) is 0.812. The van der Waals surface area contributed by atoms with E-state index >= 15 is 0 Å². The van der Waals surface area contributed by atoms with E-state index in [2.05, 4.69) is 4.98 Å². The van der Waals surface area contributed by atoms with Gasteiger partial charge in [-0.15, -0.1) is 0 Å². The molecule has 18 heavy (non-hydrogen) atoms. The average Bonchev–Trinajstić information content (AvgIpc) is 2.38. The molecule has 0 spiro atoms. The maximum absolute atomic E-state index is 13.0. The Morgan fingerprint density at radius 1 is 1.44 bits per heavy atom. The lowest BCUT2D eigenvalue weighted by Crippen LogP contribution is -2.42.